The molecule has 458 valence electrons. The minimum atomic E-state index is -1.62. The average Bonchev–Trinajstić information content (AvgIpc) is 3.44. The van der Waals surface area contributed by atoms with Crippen LogP contribution in [-0.2, 0) is 23.8 Å². The minimum absolute atomic E-state index is 0.121. The number of nitrogens with one attached hydrogen (secondary N) is 1. The molecule has 1 aliphatic heterocycles. The Kier molecular flexibility index (Phi) is 52.2. The van der Waals surface area contributed by atoms with Gasteiger partial charge in [0.25, 0.3) is 0 Å². The summed E-state index contributed by atoms with van der Waals surface area (Å²) in [5.74, 6) is -1.21. The van der Waals surface area contributed by atoms with Crippen LogP contribution in [0, 0.1) is 0 Å². The predicted octanol–water partition coefficient (Wildman–Crippen LogP) is 16.0. The monoisotopic (exact) mass is 1110 g/mol. The van der Waals surface area contributed by atoms with Gasteiger partial charge in [-0.15, -0.1) is 0 Å². The highest BCUT2D eigenvalue weighted by Gasteiger charge is 2.47. The Morgan fingerprint density at radius 3 is 1.48 bits per heavy atom. The fourth-order valence-electron chi connectivity index (χ4n) is 9.98. The van der Waals surface area contributed by atoms with Gasteiger partial charge in [0.1, 0.15) is 24.4 Å². The van der Waals surface area contributed by atoms with Crippen molar-refractivity contribution in [1.29, 1.82) is 0 Å². The van der Waals surface area contributed by atoms with Crippen LogP contribution in [-0.4, -0.2) is 99.6 Å². The molecule has 1 aliphatic rings. The number of rotatable bonds is 55. The van der Waals surface area contributed by atoms with Gasteiger partial charge in [0.05, 0.1) is 25.4 Å². The van der Waals surface area contributed by atoms with Gasteiger partial charge in [0.15, 0.2) is 12.4 Å². The maximum Gasteiger partial charge on any atom is 0.306 e. The second-order valence-corrected chi connectivity index (χ2v) is 22.5. The number of hydrogen-bond acceptors (Lipinski definition) is 10. The highest BCUT2D eigenvalue weighted by Crippen LogP contribution is 2.26. The number of unbranched alkanes of at least 4 members (excludes halogenated alkanes) is 33. The summed E-state index contributed by atoms with van der Waals surface area (Å²) in [6, 6.07) is -1.04. The number of carbonyl (C=O) groups excluding carboxylic acids is 2. The number of esters is 1. The van der Waals surface area contributed by atoms with Gasteiger partial charge in [0.2, 0.25) is 5.91 Å². The van der Waals surface area contributed by atoms with Crippen LogP contribution < -0.4 is 5.32 Å². The molecule has 1 saturated heterocycles. The molecule has 1 amide bonds. The Morgan fingerprint density at radius 1 is 0.519 bits per heavy atom. The molecule has 11 nitrogen and oxygen atoms in total. The van der Waals surface area contributed by atoms with Crippen molar-refractivity contribution in [2.24, 2.45) is 0 Å². The molecule has 0 aromatic carbocycles. The van der Waals surface area contributed by atoms with Crippen LogP contribution >= 0.6 is 0 Å². The molecular weight excluding hydrogens is 991 g/mol. The normalized spacial score (nSPS) is 19.3. The Morgan fingerprint density at radius 2 is 0.962 bits per heavy atom. The molecule has 8 atom stereocenters. The van der Waals surface area contributed by atoms with E-state index in [-0.39, 0.29) is 19.4 Å². The number of allylic oxidation sites excluding steroid dienone is 11. The van der Waals surface area contributed by atoms with Crippen molar-refractivity contribution in [2.45, 2.75) is 333 Å². The summed E-state index contributed by atoms with van der Waals surface area (Å²) in [6.45, 7) is 5.62. The lowest BCUT2D eigenvalue weighted by molar-refractivity contribution is -0.305. The van der Waals surface area contributed by atoms with E-state index in [9.17, 15) is 35.1 Å². The number of aliphatic hydroxyl groups excluding tert-OH is 5. The molecule has 8 unspecified atom stereocenters. The lowest BCUT2D eigenvalue weighted by atomic mass is 9.99. The molecule has 0 bridgehead atoms. The lowest BCUT2D eigenvalue weighted by Crippen LogP contribution is -2.61. The van der Waals surface area contributed by atoms with Crippen LogP contribution in [0.4, 0.5) is 0 Å². The van der Waals surface area contributed by atoms with Crippen LogP contribution in [0.25, 0.3) is 0 Å². The van der Waals surface area contributed by atoms with Crippen molar-refractivity contribution in [3.63, 3.8) is 0 Å². The molecule has 0 spiro atoms. The lowest BCUT2D eigenvalue weighted by Gasteiger charge is -2.41. The summed E-state index contributed by atoms with van der Waals surface area (Å²) < 4.78 is 17.6. The molecule has 79 heavy (non-hydrogen) atoms. The highest BCUT2D eigenvalue weighted by atomic mass is 16.7. The van der Waals surface area contributed by atoms with E-state index in [4.69, 9.17) is 14.2 Å². The summed E-state index contributed by atoms with van der Waals surface area (Å²) in [5, 5.41) is 56.9. The van der Waals surface area contributed by atoms with Crippen molar-refractivity contribution in [1.82, 2.24) is 5.32 Å². The van der Waals surface area contributed by atoms with Gasteiger partial charge in [-0.25, -0.2) is 0 Å². The third kappa shape index (κ3) is 43.5. The molecule has 1 fully saturated rings. The molecule has 0 radical (unpaired) electrons. The minimum Gasteiger partial charge on any atom is -0.454 e. The Bertz CT molecular complexity index is 1560. The van der Waals surface area contributed by atoms with Gasteiger partial charge in [-0.2, -0.15) is 0 Å². The number of carbonyl (C=O) groups is 2. The zero-order valence-corrected chi connectivity index (χ0v) is 50.7. The fraction of sp³-hybridized carbons (Fsp3) is 0.794. The van der Waals surface area contributed by atoms with E-state index < -0.39 is 67.4 Å². The van der Waals surface area contributed by atoms with Crippen molar-refractivity contribution < 1.29 is 49.3 Å². The van der Waals surface area contributed by atoms with Gasteiger partial charge in [-0.05, 0) is 77.0 Å². The van der Waals surface area contributed by atoms with E-state index >= 15 is 0 Å². The number of aliphatic hydroxyl groups is 5. The molecule has 1 heterocycles. The van der Waals surface area contributed by atoms with Gasteiger partial charge < -0.3 is 45.1 Å². The van der Waals surface area contributed by atoms with E-state index in [2.05, 4.69) is 62.5 Å². The third-order valence-corrected chi connectivity index (χ3v) is 15.2. The number of hydrogen-bond donors (Lipinski definition) is 6. The van der Waals surface area contributed by atoms with E-state index in [0.717, 1.165) is 77.0 Å². The first kappa shape index (κ1) is 74.1. The molecule has 6 N–H and O–H groups in total. The Balaban J connectivity index is 2.53. The van der Waals surface area contributed by atoms with Crippen LogP contribution in [0.15, 0.2) is 72.9 Å². The quantitative estimate of drug-likeness (QED) is 0.0149. The Labute approximate surface area is 483 Å². The van der Waals surface area contributed by atoms with E-state index in [1.54, 1.807) is 6.08 Å². The summed E-state index contributed by atoms with van der Waals surface area (Å²) >= 11 is 0. The second kappa shape index (κ2) is 55.6. The SMILES string of the molecule is CC/C=C/C=C/C=C\CCCCCCC(O)C(=O)NC(COC1OC(CO)C(O)C(O)C1OC(=O)CCCCCCCCCCCCCCCCCCC/C=C\C/C=C\CCCCC)C(O)/C=C/CCCCCCCCCCC. The van der Waals surface area contributed by atoms with Crippen LogP contribution in [0.2, 0.25) is 0 Å². The Hall–Kier alpha value is -2.90. The van der Waals surface area contributed by atoms with Crippen molar-refractivity contribution >= 4 is 11.9 Å². The number of ether oxygens (including phenoxy) is 3. The fourth-order valence-corrected chi connectivity index (χ4v) is 9.98. The van der Waals surface area contributed by atoms with E-state index in [1.807, 2.05) is 30.4 Å². The maximum absolute atomic E-state index is 13.4. The molecule has 1 rings (SSSR count). The predicted molar refractivity (Wildman–Crippen MR) is 329 cm³/mol. The highest BCUT2D eigenvalue weighted by molar-refractivity contribution is 5.80. The second-order valence-electron chi connectivity index (χ2n) is 22.5. The first-order chi connectivity index (χ1) is 38.7. The first-order valence-electron chi connectivity index (χ1n) is 32.7. The smallest absolute Gasteiger partial charge is 0.306 e. The van der Waals surface area contributed by atoms with Crippen molar-refractivity contribution in [3.05, 3.63) is 72.9 Å². The third-order valence-electron chi connectivity index (χ3n) is 15.2. The molecule has 11 heteroatoms. The van der Waals surface area contributed by atoms with Crippen LogP contribution in [0.3, 0.4) is 0 Å². The summed E-state index contributed by atoms with van der Waals surface area (Å²) in [7, 11) is 0. The first-order valence-corrected chi connectivity index (χ1v) is 32.7. The van der Waals surface area contributed by atoms with Crippen LogP contribution in [0.1, 0.15) is 284 Å². The van der Waals surface area contributed by atoms with Gasteiger partial charge in [-0.1, -0.05) is 273 Å². The van der Waals surface area contributed by atoms with E-state index in [0.29, 0.717) is 12.8 Å². The summed E-state index contributed by atoms with van der Waals surface area (Å²) in [5.41, 5.74) is 0. The topological polar surface area (TPSA) is 175 Å². The van der Waals surface area contributed by atoms with Gasteiger partial charge in [-0.3, -0.25) is 9.59 Å². The van der Waals surface area contributed by atoms with Crippen molar-refractivity contribution in [2.75, 3.05) is 13.2 Å². The summed E-state index contributed by atoms with van der Waals surface area (Å²) in [4.78, 5) is 26.5. The number of amides is 1. The van der Waals surface area contributed by atoms with Crippen LogP contribution in [0.5, 0.6) is 0 Å². The van der Waals surface area contributed by atoms with Gasteiger partial charge >= 0.3 is 5.97 Å². The van der Waals surface area contributed by atoms with E-state index in [1.165, 1.54) is 161 Å². The largest absolute Gasteiger partial charge is 0.454 e. The zero-order chi connectivity index (χ0) is 57.5. The molecule has 0 saturated carbocycles. The molecule has 0 aromatic heterocycles. The molecule has 0 aromatic rings. The maximum atomic E-state index is 13.4. The average molecular weight is 1110 g/mol. The molecular formula is C68H121NO10. The zero-order valence-electron chi connectivity index (χ0n) is 50.7. The summed E-state index contributed by atoms with van der Waals surface area (Å²) in [6.07, 6.45) is 61.1. The van der Waals surface area contributed by atoms with Gasteiger partial charge in [0, 0.05) is 6.42 Å². The standard InChI is InChI=1S/C68H121NO10/c1-4-7-10-13-16-19-22-24-25-26-27-28-29-30-31-32-33-34-35-36-37-38-41-44-47-50-53-56-63(73)79-66-65(75)64(74)62(57-70)78-68(66)77-58-59(60(71)54-51-48-45-42-39-21-18-15-12-9-6-3)69-67(76)61(72)55-52-49-46-43-40-23-20-17-14-11-8-5-2/h8,11,14,16-17,19-20,23-25,51,54,59-62,64-66,68,70-72,74-75H,4-7,9-10,12-13,15,18,21-22,26-50,52-53,55-58H2,1-3H3,(H,69,76)/b11-8+,17-14+,19-16-,23-20-,25-24-,54-51+. The van der Waals surface area contributed by atoms with Crippen molar-refractivity contribution in [3.8, 4) is 0 Å². The molecule has 0 aliphatic carbocycles.